The quantitative estimate of drug-likeness (QED) is 0.476. The number of halogens is 3. The summed E-state index contributed by atoms with van der Waals surface area (Å²) in [6.45, 7) is 0. The molecule has 3 aromatic rings. The number of hydrogen-bond acceptors (Lipinski definition) is 5. The van der Waals surface area contributed by atoms with E-state index >= 15 is 0 Å². The molecule has 2 N–H and O–H groups in total. The molecule has 2 saturated carbocycles. The molecular weight excluding hydrogens is 466 g/mol. The van der Waals surface area contributed by atoms with Gasteiger partial charge in [-0.05, 0) is 73.4 Å². The molecule has 2 aliphatic carbocycles. The molecule has 0 bridgehead atoms. The Morgan fingerprint density at radius 3 is 2.58 bits per heavy atom. The summed E-state index contributed by atoms with van der Waals surface area (Å²) in [5.74, 6) is 1.32. The molecule has 0 spiro atoms. The Bertz CT molecular complexity index is 1190. The van der Waals surface area contributed by atoms with Gasteiger partial charge in [-0.2, -0.15) is 0 Å². The molecule has 2 fully saturated rings. The maximum absolute atomic E-state index is 13.4. The Hall–Kier alpha value is -2.71. The maximum Gasteiger partial charge on any atom is 0.274 e. The van der Waals surface area contributed by atoms with Gasteiger partial charge in [0.25, 0.3) is 5.91 Å². The molecule has 2 aromatic heterocycles. The lowest BCUT2D eigenvalue weighted by Gasteiger charge is -2.17. The van der Waals surface area contributed by atoms with Crippen molar-refractivity contribution in [2.45, 2.75) is 37.6 Å². The third-order valence-electron chi connectivity index (χ3n) is 6.74. The average Bonchev–Trinajstić information content (AvgIpc) is 3.43. The molecule has 2 atom stereocenters. The van der Waals surface area contributed by atoms with E-state index in [0.717, 1.165) is 37.2 Å². The number of carbonyl (C=O) groups excluding carboxylic acids is 1. The molecule has 0 radical (unpaired) electrons. The van der Waals surface area contributed by atoms with Crippen LogP contribution in [0.15, 0.2) is 36.8 Å². The van der Waals surface area contributed by atoms with Crippen molar-refractivity contribution in [1.29, 1.82) is 0 Å². The highest BCUT2D eigenvalue weighted by Crippen LogP contribution is 2.51. The summed E-state index contributed by atoms with van der Waals surface area (Å²) in [4.78, 5) is 25.8. The van der Waals surface area contributed by atoms with E-state index < -0.39 is 5.82 Å². The van der Waals surface area contributed by atoms with E-state index in [1.165, 1.54) is 18.2 Å². The van der Waals surface area contributed by atoms with E-state index in [1.807, 2.05) is 13.1 Å². The molecular formula is C23H23Cl2FN6O. The monoisotopic (exact) mass is 488 g/mol. The number of amides is 1. The molecule has 33 heavy (non-hydrogen) atoms. The first kappa shape index (κ1) is 22.1. The summed E-state index contributed by atoms with van der Waals surface area (Å²) in [5.41, 5.74) is 1.80. The Morgan fingerprint density at radius 1 is 1.12 bits per heavy atom. The predicted octanol–water partition coefficient (Wildman–Crippen LogP) is 5.29. The topological polar surface area (TPSA) is 84.7 Å². The molecule has 1 aromatic carbocycles. The number of aromatic nitrogens is 4. The van der Waals surface area contributed by atoms with E-state index in [2.05, 4.69) is 25.6 Å². The largest absolute Gasteiger partial charge is 0.367 e. The zero-order valence-electron chi connectivity index (χ0n) is 17.9. The van der Waals surface area contributed by atoms with E-state index in [1.54, 1.807) is 17.1 Å². The average molecular weight is 489 g/mol. The van der Waals surface area contributed by atoms with Crippen LogP contribution < -0.4 is 10.6 Å². The Labute approximate surface area is 200 Å². The molecule has 1 amide bonds. The molecule has 10 heteroatoms. The number of anilines is 2. The number of benzene rings is 1. The summed E-state index contributed by atoms with van der Waals surface area (Å²) in [6, 6.07) is 6.31. The summed E-state index contributed by atoms with van der Waals surface area (Å²) in [5, 5.41) is 6.50. The summed E-state index contributed by atoms with van der Waals surface area (Å²) in [7, 11) is 1.81. The third kappa shape index (κ3) is 4.54. The summed E-state index contributed by atoms with van der Waals surface area (Å²) >= 11 is 11.7. The van der Waals surface area contributed by atoms with Crippen molar-refractivity contribution in [3.63, 3.8) is 0 Å². The van der Waals surface area contributed by atoms with E-state index in [9.17, 15) is 9.18 Å². The highest BCUT2D eigenvalue weighted by atomic mass is 35.5. The molecule has 7 nitrogen and oxygen atoms in total. The Balaban J connectivity index is 1.26. The van der Waals surface area contributed by atoms with Crippen molar-refractivity contribution in [3.05, 3.63) is 64.3 Å². The molecule has 5 rings (SSSR count). The number of aryl methyl sites for hydroxylation is 1. The molecule has 2 heterocycles. The van der Waals surface area contributed by atoms with Crippen LogP contribution >= 0.6 is 23.2 Å². The summed E-state index contributed by atoms with van der Waals surface area (Å²) in [6.07, 6.45) is 7.41. The van der Waals surface area contributed by atoms with Crippen LogP contribution in [0.2, 0.25) is 10.3 Å². The second-order valence-corrected chi connectivity index (χ2v) is 9.63. The van der Waals surface area contributed by atoms with Gasteiger partial charge in [0.15, 0.2) is 0 Å². The van der Waals surface area contributed by atoms with Crippen LogP contribution in [-0.4, -0.2) is 31.5 Å². The third-order valence-corrected chi connectivity index (χ3v) is 7.21. The summed E-state index contributed by atoms with van der Waals surface area (Å²) < 4.78 is 15.2. The molecule has 0 saturated heterocycles. The molecule has 0 aliphatic heterocycles. The first-order valence-corrected chi connectivity index (χ1v) is 11.7. The van der Waals surface area contributed by atoms with E-state index in [0.29, 0.717) is 29.3 Å². The first-order valence-electron chi connectivity index (χ1n) is 10.9. The highest BCUT2D eigenvalue weighted by molar-refractivity contribution is 6.31. The second-order valence-electron chi connectivity index (χ2n) is 8.88. The Kier molecular flexibility index (Phi) is 5.97. The van der Waals surface area contributed by atoms with Gasteiger partial charge in [-0.3, -0.25) is 4.79 Å². The predicted molar refractivity (Wildman–Crippen MR) is 125 cm³/mol. The van der Waals surface area contributed by atoms with Crippen LogP contribution in [-0.2, 0) is 7.05 Å². The van der Waals surface area contributed by atoms with Gasteiger partial charge < -0.3 is 15.2 Å². The zero-order chi connectivity index (χ0) is 23.1. The lowest BCUT2D eigenvalue weighted by Crippen LogP contribution is -2.20. The molecule has 2 aliphatic rings. The van der Waals surface area contributed by atoms with Gasteiger partial charge in [0.05, 0.1) is 17.0 Å². The lowest BCUT2D eigenvalue weighted by molar-refractivity contribution is 0.101. The normalized spacial score (nSPS) is 24.0. The van der Waals surface area contributed by atoms with Gasteiger partial charge >= 0.3 is 0 Å². The fourth-order valence-corrected chi connectivity index (χ4v) is 5.70. The number of rotatable bonds is 5. The SMILES string of the molecule is Cn1cnc(C2CC3CC(Nc4ccnc(Cl)n4)CC3C2)c1C(=O)Nc1ccc(F)c(Cl)c1. The second kappa shape index (κ2) is 8.91. The van der Waals surface area contributed by atoms with Crippen molar-refractivity contribution in [1.82, 2.24) is 19.5 Å². The number of fused-ring (bicyclic) bond motifs is 1. The molecule has 2 unspecified atom stereocenters. The minimum absolute atomic E-state index is 0.0333. The van der Waals surface area contributed by atoms with Crippen molar-refractivity contribution < 1.29 is 9.18 Å². The van der Waals surface area contributed by atoms with Crippen molar-refractivity contribution in [2.24, 2.45) is 18.9 Å². The van der Waals surface area contributed by atoms with Crippen LogP contribution in [0.3, 0.4) is 0 Å². The van der Waals surface area contributed by atoms with E-state index in [4.69, 9.17) is 23.2 Å². The number of nitrogens with zero attached hydrogens (tertiary/aromatic N) is 4. The van der Waals surface area contributed by atoms with Crippen LogP contribution in [0.25, 0.3) is 0 Å². The number of hydrogen-bond donors (Lipinski definition) is 2. The fraction of sp³-hybridized carbons (Fsp3) is 0.391. The van der Waals surface area contributed by atoms with Gasteiger partial charge in [0.2, 0.25) is 5.28 Å². The van der Waals surface area contributed by atoms with Crippen molar-refractivity contribution >= 4 is 40.6 Å². The maximum atomic E-state index is 13.4. The van der Waals surface area contributed by atoms with E-state index in [-0.39, 0.29) is 22.1 Å². The first-order chi connectivity index (χ1) is 15.9. The minimum atomic E-state index is -0.524. The van der Waals surface area contributed by atoms with Gasteiger partial charge in [-0.15, -0.1) is 0 Å². The highest BCUT2D eigenvalue weighted by Gasteiger charge is 2.44. The van der Waals surface area contributed by atoms with Crippen molar-refractivity contribution in [3.8, 4) is 0 Å². The van der Waals surface area contributed by atoms with Crippen LogP contribution in [0.5, 0.6) is 0 Å². The van der Waals surface area contributed by atoms with Gasteiger partial charge in [-0.1, -0.05) is 11.6 Å². The van der Waals surface area contributed by atoms with Crippen molar-refractivity contribution in [2.75, 3.05) is 10.6 Å². The van der Waals surface area contributed by atoms with Gasteiger partial charge in [0.1, 0.15) is 17.3 Å². The number of nitrogens with one attached hydrogen (secondary N) is 2. The fourth-order valence-electron chi connectivity index (χ4n) is 5.37. The van der Waals surface area contributed by atoms with Crippen LogP contribution in [0, 0.1) is 17.7 Å². The smallest absolute Gasteiger partial charge is 0.274 e. The lowest BCUT2D eigenvalue weighted by atomic mass is 9.97. The number of imidazole rings is 1. The molecule has 172 valence electrons. The minimum Gasteiger partial charge on any atom is -0.367 e. The Morgan fingerprint density at radius 2 is 1.88 bits per heavy atom. The van der Waals surface area contributed by atoms with Crippen LogP contribution in [0.1, 0.15) is 47.8 Å². The standard InChI is InChI=1S/C23H23Cl2FN6O/c1-32-11-28-20(21(32)22(33)30-15-2-3-18(26)17(24)10-15)14-6-12-8-16(9-13(12)7-14)29-19-4-5-27-23(25)31-19/h2-5,10-14,16H,6-9H2,1H3,(H,30,33)(H,27,29,31). The van der Waals surface area contributed by atoms with Crippen LogP contribution in [0.4, 0.5) is 15.9 Å². The number of carbonyl (C=O) groups is 1. The van der Waals surface area contributed by atoms with Gasteiger partial charge in [-0.25, -0.2) is 19.3 Å². The zero-order valence-corrected chi connectivity index (χ0v) is 19.4. The van der Waals surface area contributed by atoms with Gasteiger partial charge in [0, 0.05) is 30.9 Å².